The lowest BCUT2D eigenvalue weighted by Gasteiger charge is -2.22. The van der Waals surface area contributed by atoms with Gasteiger partial charge >= 0.3 is 0 Å². The van der Waals surface area contributed by atoms with Crippen molar-refractivity contribution in [2.75, 3.05) is 19.7 Å². The third-order valence-corrected chi connectivity index (χ3v) is 5.14. The minimum absolute atomic E-state index is 0.0550. The lowest BCUT2D eigenvalue weighted by Crippen LogP contribution is -2.33. The smallest absolute Gasteiger partial charge is 0.243 e. The van der Waals surface area contributed by atoms with Crippen molar-refractivity contribution in [1.29, 1.82) is 0 Å². The van der Waals surface area contributed by atoms with Gasteiger partial charge in [-0.3, -0.25) is 0 Å². The van der Waals surface area contributed by atoms with Gasteiger partial charge in [-0.05, 0) is 43.5 Å². The van der Waals surface area contributed by atoms with E-state index in [-0.39, 0.29) is 18.0 Å². The highest BCUT2D eigenvalue weighted by atomic mass is 32.2. The quantitative estimate of drug-likeness (QED) is 0.802. The van der Waals surface area contributed by atoms with Gasteiger partial charge in [-0.15, -0.1) is 0 Å². The van der Waals surface area contributed by atoms with Crippen molar-refractivity contribution >= 4 is 10.0 Å². The highest BCUT2D eigenvalue weighted by Crippen LogP contribution is 2.21. The van der Waals surface area contributed by atoms with Crippen molar-refractivity contribution in [2.24, 2.45) is 0 Å². The Morgan fingerprint density at radius 1 is 1.25 bits per heavy atom. The van der Waals surface area contributed by atoms with E-state index in [2.05, 4.69) is 0 Å². The van der Waals surface area contributed by atoms with Gasteiger partial charge in [0.25, 0.3) is 0 Å². The van der Waals surface area contributed by atoms with Crippen LogP contribution in [0.15, 0.2) is 23.1 Å². The molecule has 0 fully saturated rings. The van der Waals surface area contributed by atoms with Crippen molar-refractivity contribution < 1.29 is 17.9 Å². The minimum atomic E-state index is -3.64. The van der Waals surface area contributed by atoms with Gasteiger partial charge in [-0.2, -0.15) is 4.31 Å². The summed E-state index contributed by atoms with van der Waals surface area (Å²) in [5, 5.41) is 8.90. The summed E-state index contributed by atoms with van der Waals surface area (Å²) in [4.78, 5) is 0.132. The number of aryl methyl sites for hydroxylation is 1. The molecule has 1 rings (SSSR count). The van der Waals surface area contributed by atoms with E-state index in [0.717, 1.165) is 18.9 Å². The Balaban J connectivity index is 3.07. The highest BCUT2D eigenvalue weighted by molar-refractivity contribution is 7.89. The normalized spacial score (nSPS) is 12.1. The van der Waals surface area contributed by atoms with Crippen molar-refractivity contribution in [1.82, 2.24) is 4.31 Å². The summed E-state index contributed by atoms with van der Waals surface area (Å²) in [6.07, 6.45) is 2.03. The third-order valence-electron chi connectivity index (χ3n) is 3.08. The molecule has 0 atom stereocenters. The van der Waals surface area contributed by atoms with Crippen molar-refractivity contribution in [3.63, 3.8) is 0 Å². The molecule has 0 aromatic heterocycles. The molecule has 0 aliphatic heterocycles. The Kier molecular flexibility index (Phi) is 6.58. The molecule has 0 spiro atoms. The van der Waals surface area contributed by atoms with Crippen LogP contribution < -0.4 is 0 Å². The third kappa shape index (κ3) is 4.26. The number of hydrogen-bond acceptors (Lipinski definition) is 3. The fourth-order valence-electron chi connectivity index (χ4n) is 1.98. The van der Waals surface area contributed by atoms with Crippen LogP contribution in [0.3, 0.4) is 0 Å². The van der Waals surface area contributed by atoms with Crippen LogP contribution in [0.25, 0.3) is 0 Å². The second kappa shape index (κ2) is 7.71. The number of benzene rings is 1. The van der Waals surface area contributed by atoms with E-state index >= 15 is 0 Å². The summed E-state index contributed by atoms with van der Waals surface area (Å²) < 4.78 is 39.7. The second-order valence-electron chi connectivity index (χ2n) is 4.74. The first kappa shape index (κ1) is 17.1. The lowest BCUT2D eigenvalue weighted by molar-refractivity contribution is 0.268. The largest absolute Gasteiger partial charge is 0.396 e. The first-order valence-electron chi connectivity index (χ1n) is 6.80. The topological polar surface area (TPSA) is 57.6 Å². The van der Waals surface area contributed by atoms with Gasteiger partial charge in [0.05, 0.1) is 4.90 Å². The molecule has 0 bridgehead atoms. The van der Waals surface area contributed by atoms with Crippen molar-refractivity contribution in [3.8, 4) is 0 Å². The summed E-state index contributed by atoms with van der Waals surface area (Å²) in [6.45, 7) is 4.20. The van der Waals surface area contributed by atoms with Gasteiger partial charge in [0.2, 0.25) is 10.0 Å². The molecule has 1 aromatic carbocycles. The van der Waals surface area contributed by atoms with Gasteiger partial charge in [0.1, 0.15) is 5.82 Å². The Bertz CT molecular complexity index is 523. The molecule has 1 N–H and O–H groups in total. The molecule has 1 aromatic rings. The van der Waals surface area contributed by atoms with E-state index in [1.54, 1.807) is 6.92 Å². The molecule has 0 amide bonds. The summed E-state index contributed by atoms with van der Waals surface area (Å²) in [7, 11) is -3.64. The summed E-state index contributed by atoms with van der Waals surface area (Å²) in [5.74, 6) is -0.447. The average molecular weight is 303 g/mol. The van der Waals surface area contributed by atoms with Gasteiger partial charge in [0, 0.05) is 19.7 Å². The number of aliphatic hydroxyl groups excluding tert-OH is 1. The van der Waals surface area contributed by atoms with Crippen LogP contribution in [0.1, 0.15) is 31.7 Å². The summed E-state index contributed by atoms with van der Waals surface area (Å²) >= 11 is 0. The Labute approximate surface area is 120 Å². The van der Waals surface area contributed by atoms with E-state index in [0.29, 0.717) is 18.5 Å². The molecule has 0 aliphatic carbocycles. The van der Waals surface area contributed by atoms with Crippen molar-refractivity contribution in [2.45, 2.75) is 38.0 Å². The van der Waals surface area contributed by atoms with Crippen LogP contribution in [0, 0.1) is 12.7 Å². The number of rotatable bonds is 8. The lowest BCUT2D eigenvalue weighted by atomic mass is 10.2. The van der Waals surface area contributed by atoms with Crippen LogP contribution in [0.4, 0.5) is 4.39 Å². The second-order valence-corrected chi connectivity index (χ2v) is 6.65. The monoisotopic (exact) mass is 303 g/mol. The SMILES string of the molecule is CCCCN(CCCO)S(=O)(=O)c1ccc(F)cc1C. The van der Waals surface area contributed by atoms with E-state index in [4.69, 9.17) is 5.11 Å². The number of nitrogens with zero attached hydrogens (tertiary/aromatic N) is 1. The molecular weight excluding hydrogens is 281 g/mol. The zero-order valence-electron chi connectivity index (χ0n) is 12.0. The zero-order chi connectivity index (χ0) is 15.2. The standard InChI is InChI=1S/C14H22FNO3S/c1-3-4-8-16(9-5-10-17)20(18,19)14-7-6-13(15)11-12(14)2/h6-7,11,17H,3-5,8-10H2,1-2H3. The molecule has 20 heavy (non-hydrogen) atoms. The number of hydrogen-bond donors (Lipinski definition) is 1. The minimum Gasteiger partial charge on any atom is -0.396 e. The predicted molar refractivity (Wildman–Crippen MR) is 76.5 cm³/mol. The zero-order valence-corrected chi connectivity index (χ0v) is 12.8. The Morgan fingerprint density at radius 3 is 2.45 bits per heavy atom. The van der Waals surface area contributed by atoms with E-state index in [9.17, 15) is 12.8 Å². The number of unbranched alkanes of at least 4 members (excludes halogenated alkanes) is 1. The molecule has 0 aliphatic rings. The van der Waals surface area contributed by atoms with Crippen LogP contribution in [-0.4, -0.2) is 37.5 Å². The maximum Gasteiger partial charge on any atom is 0.243 e. The molecular formula is C14H22FNO3S. The van der Waals surface area contributed by atoms with Gasteiger partial charge in [-0.1, -0.05) is 13.3 Å². The molecule has 0 saturated carbocycles. The first-order valence-corrected chi connectivity index (χ1v) is 8.24. The Morgan fingerprint density at radius 2 is 1.90 bits per heavy atom. The first-order chi connectivity index (χ1) is 9.43. The Hall–Kier alpha value is -0.980. The molecule has 6 heteroatoms. The fraction of sp³-hybridized carbons (Fsp3) is 0.571. The molecule has 0 heterocycles. The van der Waals surface area contributed by atoms with Crippen LogP contribution >= 0.6 is 0 Å². The highest BCUT2D eigenvalue weighted by Gasteiger charge is 2.25. The maximum absolute atomic E-state index is 13.1. The van der Waals surface area contributed by atoms with E-state index < -0.39 is 15.8 Å². The fourth-order valence-corrected chi connectivity index (χ4v) is 3.70. The van der Waals surface area contributed by atoms with Crippen LogP contribution in [0.5, 0.6) is 0 Å². The molecule has 0 saturated heterocycles. The molecule has 4 nitrogen and oxygen atoms in total. The molecule has 0 unspecified atom stereocenters. The summed E-state index contributed by atoms with van der Waals surface area (Å²) in [5.41, 5.74) is 0.399. The number of halogens is 1. The van der Waals surface area contributed by atoms with E-state index in [1.165, 1.54) is 16.4 Å². The van der Waals surface area contributed by atoms with Crippen LogP contribution in [-0.2, 0) is 10.0 Å². The number of sulfonamides is 1. The van der Waals surface area contributed by atoms with Crippen molar-refractivity contribution in [3.05, 3.63) is 29.6 Å². The maximum atomic E-state index is 13.1. The molecule has 114 valence electrons. The number of aliphatic hydroxyl groups is 1. The van der Waals surface area contributed by atoms with Gasteiger partial charge < -0.3 is 5.11 Å². The average Bonchev–Trinajstić information content (AvgIpc) is 2.38. The summed E-state index contributed by atoms with van der Waals surface area (Å²) in [6, 6.07) is 3.68. The van der Waals surface area contributed by atoms with Crippen LogP contribution in [0.2, 0.25) is 0 Å². The predicted octanol–water partition coefficient (Wildman–Crippen LogP) is 2.31. The van der Waals surface area contributed by atoms with Gasteiger partial charge in [-0.25, -0.2) is 12.8 Å². The van der Waals surface area contributed by atoms with Gasteiger partial charge in [0.15, 0.2) is 0 Å². The molecule has 0 radical (unpaired) electrons. The van der Waals surface area contributed by atoms with E-state index in [1.807, 2.05) is 6.92 Å².